The van der Waals surface area contributed by atoms with Crippen LogP contribution in [-0.2, 0) is 0 Å². The second-order valence-corrected chi connectivity index (χ2v) is 2.24. The number of hydrogen-bond acceptors (Lipinski definition) is 2. The molecule has 0 radical (unpaired) electrons. The standard InChI is InChI=1S/C6H11N3/c1-4(7)6-3-8-9-5(6)2/h3-4H,7H2,1-2H3,(H,8,9). The Hall–Kier alpha value is -0.830. The van der Waals surface area contributed by atoms with Crippen LogP contribution in [0.1, 0.15) is 24.2 Å². The predicted molar refractivity (Wildman–Crippen MR) is 35.9 cm³/mol. The number of H-pyrrole nitrogens is 1. The van der Waals surface area contributed by atoms with E-state index < -0.39 is 0 Å². The van der Waals surface area contributed by atoms with Crippen molar-refractivity contribution in [3.8, 4) is 0 Å². The molecule has 0 spiro atoms. The van der Waals surface area contributed by atoms with E-state index in [9.17, 15) is 0 Å². The van der Waals surface area contributed by atoms with Gasteiger partial charge < -0.3 is 5.73 Å². The number of nitrogens with one attached hydrogen (secondary N) is 1. The average molecular weight is 125 g/mol. The predicted octanol–water partition coefficient (Wildman–Crippen LogP) is 0.738. The molecule has 0 aliphatic carbocycles. The first-order chi connectivity index (χ1) is 4.22. The van der Waals surface area contributed by atoms with Crippen molar-refractivity contribution >= 4 is 0 Å². The third-order valence-electron chi connectivity index (χ3n) is 1.36. The molecular formula is C6H11N3. The van der Waals surface area contributed by atoms with Gasteiger partial charge in [-0.3, -0.25) is 5.10 Å². The lowest BCUT2D eigenvalue weighted by Crippen LogP contribution is -2.04. The number of aromatic nitrogens is 2. The Labute approximate surface area is 54.3 Å². The minimum Gasteiger partial charge on any atom is -0.324 e. The van der Waals surface area contributed by atoms with Gasteiger partial charge in [-0.25, -0.2) is 0 Å². The van der Waals surface area contributed by atoms with Crippen LogP contribution in [-0.4, -0.2) is 10.2 Å². The summed E-state index contributed by atoms with van der Waals surface area (Å²) in [5, 5.41) is 6.66. The quantitative estimate of drug-likeness (QED) is 0.581. The van der Waals surface area contributed by atoms with Gasteiger partial charge in [0.05, 0.1) is 6.20 Å². The second kappa shape index (κ2) is 2.19. The van der Waals surface area contributed by atoms with E-state index in [0.717, 1.165) is 11.3 Å². The first-order valence-electron chi connectivity index (χ1n) is 2.97. The van der Waals surface area contributed by atoms with E-state index in [4.69, 9.17) is 5.73 Å². The van der Waals surface area contributed by atoms with E-state index in [0.29, 0.717) is 0 Å². The minimum atomic E-state index is 0.0868. The third kappa shape index (κ3) is 1.10. The van der Waals surface area contributed by atoms with E-state index in [1.54, 1.807) is 6.20 Å². The zero-order valence-electron chi connectivity index (χ0n) is 5.68. The Morgan fingerprint density at radius 2 is 2.44 bits per heavy atom. The smallest absolute Gasteiger partial charge is 0.0537 e. The van der Waals surface area contributed by atoms with Crippen LogP contribution < -0.4 is 5.73 Å². The molecule has 50 valence electrons. The highest BCUT2D eigenvalue weighted by atomic mass is 15.1. The summed E-state index contributed by atoms with van der Waals surface area (Å²) in [6.45, 7) is 3.91. The van der Waals surface area contributed by atoms with Gasteiger partial charge in [0.25, 0.3) is 0 Å². The summed E-state index contributed by atoms with van der Waals surface area (Å²) in [4.78, 5) is 0. The Balaban J connectivity index is 2.94. The van der Waals surface area contributed by atoms with Crippen molar-refractivity contribution in [2.75, 3.05) is 0 Å². The van der Waals surface area contributed by atoms with E-state index >= 15 is 0 Å². The van der Waals surface area contributed by atoms with Crippen LogP contribution in [0.15, 0.2) is 6.20 Å². The van der Waals surface area contributed by atoms with Gasteiger partial charge in [0.2, 0.25) is 0 Å². The molecule has 1 aromatic rings. The van der Waals surface area contributed by atoms with E-state index in [1.165, 1.54) is 0 Å². The monoisotopic (exact) mass is 125 g/mol. The highest BCUT2D eigenvalue weighted by molar-refractivity contribution is 5.17. The highest BCUT2D eigenvalue weighted by Crippen LogP contribution is 2.10. The number of nitrogens with zero attached hydrogens (tertiary/aromatic N) is 1. The fourth-order valence-electron chi connectivity index (χ4n) is 0.819. The Morgan fingerprint density at radius 1 is 1.78 bits per heavy atom. The Kier molecular flexibility index (Phi) is 1.53. The molecule has 1 rings (SSSR count). The lowest BCUT2D eigenvalue weighted by atomic mass is 10.1. The van der Waals surface area contributed by atoms with Gasteiger partial charge in [0.1, 0.15) is 0 Å². The topological polar surface area (TPSA) is 54.7 Å². The van der Waals surface area contributed by atoms with Crippen molar-refractivity contribution in [2.45, 2.75) is 19.9 Å². The lowest BCUT2D eigenvalue weighted by molar-refractivity contribution is 0.810. The van der Waals surface area contributed by atoms with Gasteiger partial charge in [-0.05, 0) is 13.8 Å². The molecule has 3 nitrogen and oxygen atoms in total. The van der Waals surface area contributed by atoms with Crippen molar-refractivity contribution in [3.05, 3.63) is 17.5 Å². The first-order valence-corrected chi connectivity index (χ1v) is 2.97. The number of aromatic amines is 1. The van der Waals surface area contributed by atoms with Crippen molar-refractivity contribution in [2.24, 2.45) is 5.73 Å². The minimum absolute atomic E-state index is 0.0868. The summed E-state index contributed by atoms with van der Waals surface area (Å²) in [6, 6.07) is 0.0868. The molecule has 3 N–H and O–H groups in total. The molecule has 3 heteroatoms. The number of rotatable bonds is 1. The van der Waals surface area contributed by atoms with Gasteiger partial charge in [-0.2, -0.15) is 5.10 Å². The molecule has 0 saturated carbocycles. The van der Waals surface area contributed by atoms with Crippen LogP contribution in [0.3, 0.4) is 0 Å². The largest absolute Gasteiger partial charge is 0.324 e. The van der Waals surface area contributed by atoms with Gasteiger partial charge in [-0.1, -0.05) is 0 Å². The lowest BCUT2D eigenvalue weighted by Gasteiger charge is -2.00. The van der Waals surface area contributed by atoms with E-state index in [2.05, 4.69) is 10.2 Å². The van der Waals surface area contributed by atoms with Gasteiger partial charge >= 0.3 is 0 Å². The fourth-order valence-corrected chi connectivity index (χ4v) is 0.819. The van der Waals surface area contributed by atoms with Crippen LogP contribution in [0.4, 0.5) is 0 Å². The van der Waals surface area contributed by atoms with Crippen molar-refractivity contribution < 1.29 is 0 Å². The second-order valence-electron chi connectivity index (χ2n) is 2.24. The summed E-state index contributed by atoms with van der Waals surface area (Å²) >= 11 is 0. The van der Waals surface area contributed by atoms with Gasteiger partial charge in [0, 0.05) is 17.3 Å². The molecule has 0 bridgehead atoms. The maximum absolute atomic E-state index is 5.60. The maximum atomic E-state index is 5.60. The molecule has 1 atom stereocenters. The molecule has 1 unspecified atom stereocenters. The summed E-state index contributed by atoms with van der Waals surface area (Å²) in [5.41, 5.74) is 7.75. The SMILES string of the molecule is Cc1[nH]ncc1C(C)N. The van der Waals surface area contributed by atoms with Crippen molar-refractivity contribution in [1.82, 2.24) is 10.2 Å². The maximum Gasteiger partial charge on any atom is 0.0537 e. The number of nitrogens with two attached hydrogens (primary N) is 1. The zero-order chi connectivity index (χ0) is 6.85. The molecule has 0 amide bonds. The molecule has 0 fully saturated rings. The third-order valence-corrected chi connectivity index (χ3v) is 1.36. The Bertz CT molecular complexity index is 190. The fraction of sp³-hybridized carbons (Fsp3) is 0.500. The zero-order valence-corrected chi connectivity index (χ0v) is 5.68. The molecular weight excluding hydrogens is 114 g/mol. The molecule has 0 aromatic carbocycles. The van der Waals surface area contributed by atoms with E-state index in [-0.39, 0.29) is 6.04 Å². The van der Waals surface area contributed by atoms with Gasteiger partial charge in [-0.15, -0.1) is 0 Å². The summed E-state index contributed by atoms with van der Waals surface area (Å²) in [6.07, 6.45) is 1.76. The van der Waals surface area contributed by atoms with Gasteiger partial charge in [0.15, 0.2) is 0 Å². The van der Waals surface area contributed by atoms with Crippen LogP contribution in [0, 0.1) is 6.92 Å². The molecule has 1 aromatic heterocycles. The van der Waals surface area contributed by atoms with Crippen LogP contribution >= 0.6 is 0 Å². The van der Waals surface area contributed by atoms with Crippen LogP contribution in [0.2, 0.25) is 0 Å². The Morgan fingerprint density at radius 3 is 2.67 bits per heavy atom. The summed E-state index contributed by atoms with van der Waals surface area (Å²) < 4.78 is 0. The highest BCUT2D eigenvalue weighted by Gasteiger charge is 2.02. The number of aryl methyl sites for hydroxylation is 1. The molecule has 0 aliphatic heterocycles. The van der Waals surface area contributed by atoms with Crippen molar-refractivity contribution in [3.63, 3.8) is 0 Å². The molecule has 1 heterocycles. The van der Waals surface area contributed by atoms with Crippen LogP contribution in [0.25, 0.3) is 0 Å². The first kappa shape index (κ1) is 6.29. The van der Waals surface area contributed by atoms with E-state index in [1.807, 2.05) is 13.8 Å². The molecule has 0 saturated heterocycles. The number of hydrogen-bond donors (Lipinski definition) is 2. The molecule has 9 heavy (non-hydrogen) atoms. The molecule has 0 aliphatic rings. The van der Waals surface area contributed by atoms with Crippen molar-refractivity contribution in [1.29, 1.82) is 0 Å². The summed E-state index contributed by atoms with van der Waals surface area (Å²) in [7, 11) is 0. The normalized spacial score (nSPS) is 13.7. The summed E-state index contributed by atoms with van der Waals surface area (Å²) in [5.74, 6) is 0. The average Bonchev–Trinajstić information content (AvgIpc) is 2.13. The van der Waals surface area contributed by atoms with Crippen LogP contribution in [0.5, 0.6) is 0 Å².